The van der Waals surface area contributed by atoms with Crippen LogP contribution in [-0.4, -0.2) is 40.1 Å². The van der Waals surface area contributed by atoms with Crippen LogP contribution >= 0.6 is 0 Å². The summed E-state index contributed by atoms with van der Waals surface area (Å²) < 4.78 is 38.7. The van der Waals surface area contributed by atoms with Crippen LogP contribution in [0, 0.1) is 6.92 Å². The molecule has 1 N–H and O–H groups in total. The van der Waals surface area contributed by atoms with Crippen molar-refractivity contribution in [2.24, 2.45) is 0 Å². The molecule has 9 heteroatoms. The van der Waals surface area contributed by atoms with Crippen LogP contribution in [0.1, 0.15) is 11.3 Å². The van der Waals surface area contributed by atoms with Crippen molar-refractivity contribution in [1.82, 2.24) is 10.3 Å². The van der Waals surface area contributed by atoms with Crippen molar-refractivity contribution in [3.8, 4) is 11.5 Å². The van der Waals surface area contributed by atoms with Crippen molar-refractivity contribution < 1.29 is 22.7 Å². The first-order valence-electron chi connectivity index (χ1n) is 9.83. The summed E-state index contributed by atoms with van der Waals surface area (Å²) in [5.41, 5.74) is 1.81. The Hall–Kier alpha value is -3.59. The number of anilines is 1. The molecule has 0 aliphatic carbocycles. The van der Waals surface area contributed by atoms with Crippen LogP contribution in [0.3, 0.4) is 0 Å². The van der Waals surface area contributed by atoms with Gasteiger partial charge in [-0.1, -0.05) is 23.8 Å². The smallest absolute Gasteiger partial charge is 0.264 e. The predicted molar refractivity (Wildman–Crippen MR) is 121 cm³/mol. The second-order valence-corrected chi connectivity index (χ2v) is 8.82. The molecular formula is C23H25N3O5S. The van der Waals surface area contributed by atoms with E-state index in [1.54, 1.807) is 48.7 Å². The Morgan fingerprint density at radius 2 is 1.78 bits per heavy atom. The minimum atomic E-state index is -4.07. The highest BCUT2D eigenvalue weighted by atomic mass is 32.2. The average Bonchev–Trinajstić information content (AvgIpc) is 2.81. The number of sulfonamides is 1. The molecule has 2 aromatic carbocycles. The minimum Gasteiger partial charge on any atom is -0.497 e. The molecule has 0 atom stereocenters. The molecule has 1 heterocycles. The monoisotopic (exact) mass is 455 g/mol. The van der Waals surface area contributed by atoms with E-state index in [9.17, 15) is 13.2 Å². The highest BCUT2D eigenvalue weighted by molar-refractivity contribution is 7.92. The van der Waals surface area contributed by atoms with Crippen LogP contribution in [0.2, 0.25) is 0 Å². The maximum absolute atomic E-state index is 13.5. The Morgan fingerprint density at radius 3 is 2.41 bits per heavy atom. The highest BCUT2D eigenvalue weighted by Gasteiger charge is 2.29. The molecule has 0 spiro atoms. The molecule has 3 aromatic rings. The van der Waals surface area contributed by atoms with Gasteiger partial charge in [-0.2, -0.15) is 0 Å². The number of amides is 1. The summed E-state index contributed by atoms with van der Waals surface area (Å²) in [6, 6.07) is 16.5. The van der Waals surface area contributed by atoms with E-state index >= 15 is 0 Å². The fourth-order valence-electron chi connectivity index (χ4n) is 3.01. The van der Waals surface area contributed by atoms with Gasteiger partial charge in [0.1, 0.15) is 18.0 Å². The summed E-state index contributed by atoms with van der Waals surface area (Å²) in [7, 11) is -1.14. The van der Waals surface area contributed by atoms with Crippen LogP contribution < -0.4 is 19.1 Å². The van der Waals surface area contributed by atoms with Crippen molar-refractivity contribution in [2.45, 2.75) is 18.4 Å². The Morgan fingerprint density at radius 1 is 1.03 bits per heavy atom. The normalized spacial score (nSPS) is 11.0. The fourth-order valence-corrected chi connectivity index (χ4v) is 4.44. The zero-order valence-corrected chi connectivity index (χ0v) is 18.9. The molecule has 0 saturated heterocycles. The molecule has 0 aliphatic rings. The average molecular weight is 456 g/mol. The molecule has 0 aliphatic heterocycles. The first-order chi connectivity index (χ1) is 15.3. The number of ether oxygens (including phenoxy) is 2. The Bertz CT molecular complexity index is 1170. The van der Waals surface area contributed by atoms with Crippen LogP contribution in [0.5, 0.6) is 11.5 Å². The summed E-state index contributed by atoms with van der Waals surface area (Å²) in [4.78, 5) is 17.0. The molecule has 3 rings (SSSR count). The first-order valence-corrected chi connectivity index (χ1v) is 11.3. The Balaban J connectivity index is 1.96. The van der Waals surface area contributed by atoms with Gasteiger partial charge in [0.15, 0.2) is 0 Å². The largest absolute Gasteiger partial charge is 0.497 e. The van der Waals surface area contributed by atoms with Crippen LogP contribution in [0.25, 0.3) is 0 Å². The SMILES string of the molecule is COc1ccc(N(CC(=O)NCc2ccccn2)S(=O)(=O)c2ccc(C)cc2)c(OC)c1. The van der Waals surface area contributed by atoms with E-state index in [2.05, 4.69) is 10.3 Å². The Labute approximate surface area is 187 Å². The van der Waals surface area contributed by atoms with Gasteiger partial charge in [0, 0.05) is 12.3 Å². The third-order valence-electron chi connectivity index (χ3n) is 4.74. The fraction of sp³-hybridized carbons (Fsp3) is 0.217. The molecule has 0 saturated carbocycles. The van der Waals surface area contributed by atoms with Gasteiger partial charge in [-0.15, -0.1) is 0 Å². The molecular weight excluding hydrogens is 430 g/mol. The van der Waals surface area contributed by atoms with Crippen LogP contribution in [-0.2, 0) is 21.4 Å². The van der Waals surface area contributed by atoms with Crippen molar-refractivity contribution in [3.63, 3.8) is 0 Å². The summed E-state index contributed by atoms with van der Waals surface area (Å²) in [5.74, 6) is 0.277. The number of nitrogens with one attached hydrogen (secondary N) is 1. The number of nitrogens with zero attached hydrogens (tertiary/aromatic N) is 2. The number of hydrogen-bond acceptors (Lipinski definition) is 6. The van der Waals surface area contributed by atoms with Crippen molar-refractivity contribution in [2.75, 3.05) is 25.1 Å². The first kappa shape index (κ1) is 23.1. The van der Waals surface area contributed by atoms with Gasteiger partial charge in [-0.25, -0.2) is 8.42 Å². The van der Waals surface area contributed by atoms with Crippen LogP contribution in [0.4, 0.5) is 5.69 Å². The number of carbonyl (C=O) groups excluding carboxylic acids is 1. The molecule has 1 amide bonds. The number of rotatable bonds is 9. The number of benzene rings is 2. The van der Waals surface area contributed by atoms with Gasteiger partial charge in [-0.3, -0.25) is 14.1 Å². The quantitative estimate of drug-likeness (QED) is 0.533. The van der Waals surface area contributed by atoms with E-state index in [4.69, 9.17) is 9.47 Å². The number of aromatic nitrogens is 1. The lowest BCUT2D eigenvalue weighted by Crippen LogP contribution is -2.41. The Kier molecular flexibility index (Phi) is 7.32. The molecule has 0 bridgehead atoms. The topological polar surface area (TPSA) is 97.8 Å². The lowest BCUT2D eigenvalue weighted by atomic mass is 10.2. The molecule has 168 valence electrons. The van der Waals surface area contributed by atoms with Crippen molar-refractivity contribution in [3.05, 3.63) is 78.1 Å². The standard InChI is InChI=1S/C23H25N3O5S/c1-17-7-10-20(11-8-17)32(28,29)26(21-12-9-19(30-2)14-22(21)31-3)16-23(27)25-15-18-6-4-5-13-24-18/h4-14H,15-16H2,1-3H3,(H,25,27). The van der Waals surface area contributed by atoms with Crippen LogP contribution in [0.15, 0.2) is 71.8 Å². The molecule has 0 unspecified atom stereocenters. The second kappa shape index (κ2) is 10.1. The number of methoxy groups -OCH3 is 2. The second-order valence-electron chi connectivity index (χ2n) is 6.96. The third kappa shape index (κ3) is 5.36. The maximum Gasteiger partial charge on any atom is 0.264 e. The highest BCUT2D eigenvalue weighted by Crippen LogP contribution is 2.35. The number of aryl methyl sites for hydroxylation is 1. The van der Waals surface area contributed by atoms with Gasteiger partial charge in [-0.05, 0) is 43.3 Å². The molecule has 32 heavy (non-hydrogen) atoms. The lowest BCUT2D eigenvalue weighted by Gasteiger charge is -2.26. The van der Waals surface area contributed by atoms with Gasteiger partial charge in [0.05, 0.1) is 37.0 Å². The zero-order chi connectivity index (χ0) is 23.1. The van der Waals surface area contributed by atoms with Crippen molar-refractivity contribution >= 4 is 21.6 Å². The number of pyridine rings is 1. The van der Waals surface area contributed by atoms with Gasteiger partial charge in [0.2, 0.25) is 5.91 Å². The van der Waals surface area contributed by atoms with E-state index < -0.39 is 22.5 Å². The van der Waals surface area contributed by atoms with Gasteiger partial charge >= 0.3 is 0 Å². The molecule has 0 radical (unpaired) electrons. The summed E-state index contributed by atoms with van der Waals surface area (Å²) in [6.07, 6.45) is 1.62. The molecule has 0 fully saturated rings. The summed E-state index contributed by atoms with van der Waals surface area (Å²) >= 11 is 0. The minimum absolute atomic E-state index is 0.0681. The lowest BCUT2D eigenvalue weighted by molar-refractivity contribution is -0.119. The summed E-state index contributed by atoms with van der Waals surface area (Å²) in [5, 5.41) is 2.72. The summed E-state index contributed by atoms with van der Waals surface area (Å²) in [6.45, 7) is 1.61. The van der Waals surface area contributed by atoms with E-state index in [1.807, 2.05) is 13.0 Å². The predicted octanol–water partition coefficient (Wildman–Crippen LogP) is 2.92. The third-order valence-corrected chi connectivity index (χ3v) is 6.52. The van der Waals surface area contributed by atoms with Gasteiger partial charge in [0.25, 0.3) is 10.0 Å². The molecule has 1 aromatic heterocycles. The number of carbonyl (C=O) groups is 1. The van der Waals surface area contributed by atoms with Crippen molar-refractivity contribution in [1.29, 1.82) is 0 Å². The van der Waals surface area contributed by atoms with E-state index in [0.29, 0.717) is 11.4 Å². The number of hydrogen-bond donors (Lipinski definition) is 1. The van der Waals surface area contributed by atoms with Gasteiger partial charge < -0.3 is 14.8 Å². The zero-order valence-electron chi connectivity index (χ0n) is 18.1. The van der Waals surface area contributed by atoms with E-state index in [1.165, 1.54) is 26.4 Å². The van der Waals surface area contributed by atoms with E-state index in [-0.39, 0.29) is 22.9 Å². The maximum atomic E-state index is 13.5. The van der Waals surface area contributed by atoms with E-state index in [0.717, 1.165) is 9.87 Å². The molecule has 8 nitrogen and oxygen atoms in total.